The molecular formula is C18H22N4O2. The molecule has 1 saturated heterocycles. The first-order valence-electron chi connectivity index (χ1n) is 8.60. The normalized spacial score (nSPS) is 19.2. The van der Waals surface area contributed by atoms with Crippen LogP contribution in [0.5, 0.6) is 0 Å². The van der Waals surface area contributed by atoms with Crippen molar-refractivity contribution in [3.8, 4) is 0 Å². The third-order valence-corrected chi connectivity index (χ3v) is 4.66. The highest BCUT2D eigenvalue weighted by Gasteiger charge is 2.17. The van der Waals surface area contributed by atoms with Crippen LogP contribution in [0.4, 0.5) is 16.2 Å². The van der Waals surface area contributed by atoms with Crippen LogP contribution >= 0.6 is 0 Å². The summed E-state index contributed by atoms with van der Waals surface area (Å²) in [5, 5.41) is 10.0. The van der Waals surface area contributed by atoms with Gasteiger partial charge in [-0.25, -0.2) is 4.79 Å². The molecule has 1 fully saturated rings. The number of hydrogen-bond acceptors (Lipinski definition) is 3. The topological polar surface area (TPSA) is 68.2 Å². The first-order chi connectivity index (χ1) is 11.8. The van der Waals surface area contributed by atoms with Gasteiger partial charge in [-0.2, -0.15) is 5.10 Å². The van der Waals surface area contributed by atoms with E-state index in [0.717, 1.165) is 44.5 Å². The number of carbonyl (C=O) groups is 1. The first kappa shape index (κ1) is 15.2. The van der Waals surface area contributed by atoms with Crippen molar-refractivity contribution in [2.75, 3.05) is 17.2 Å². The first-order valence-corrected chi connectivity index (χ1v) is 8.60. The lowest BCUT2D eigenvalue weighted by Crippen LogP contribution is -2.19. The lowest BCUT2D eigenvalue weighted by atomic mass is 10.1. The molecule has 0 bridgehead atoms. The molecule has 0 spiro atoms. The van der Waals surface area contributed by atoms with Gasteiger partial charge in [0.05, 0.1) is 24.5 Å². The van der Waals surface area contributed by atoms with E-state index in [-0.39, 0.29) is 12.1 Å². The van der Waals surface area contributed by atoms with Crippen LogP contribution < -0.4 is 10.6 Å². The number of carbonyl (C=O) groups excluding carboxylic acids is 1. The summed E-state index contributed by atoms with van der Waals surface area (Å²) < 4.78 is 7.42. The maximum Gasteiger partial charge on any atom is 0.323 e. The molecule has 0 radical (unpaired) electrons. The Morgan fingerprint density at radius 1 is 1.21 bits per heavy atom. The number of hydrogen-bond donors (Lipinski definition) is 2. The summed E-state index contributed by atoms with van der Waals surface area (Å²) in [6.07, 6.45) is 9.37. The lowest BCUT2D eigenvalue weighted by Gasteiger charge is -2.09. The quantitative estimate of drug-likeness (QED) is 0.906. The van der Waals surface area contributed by atoms with Gasteiger partial charge in [0, 0.05) is 18.5 Å². The fourth-order valence-corrected chi connectivity index (χ4v) is 3.47. The fourth-order valence-electron chi connectivity index (χ4n) is 3.47. The third-order valence-electron chi connectivity index (χ3n) is 4.66. The third kappa shape index (κ3) is 3.43. The number of ether oxygens (including phenoxy) is 1. The number of amides is 2. The second kappa shape index (κ2) is 6.65. The Kier molecular flexibility index (Phi) is 4.21. The van der Waals surface area contributed by atoms with E-state index in [0.29, 0.717) is 5.69 Å². The Morgan fingerprint density at radius 3 is 2.96 bits per heavy atom. The zero-order valence-corrected chi connectivity index (χ0v) is 13.6. The standard InChI is InChI=1S/C18H22N4O2/c23-18(20-15-7-6-13-3-1-4-14(13)9-15)21-16-10-19-22(11-16)12-17-5-2-8-24-17/h6-7,9-11,17H,1-5,8,12H2,(H2,20,21,23). The van der Waals surface area contributed by atoms with Crippen molar-refractivity contribution >= 4 is 17.4 Å². The second-order valence-electron chi connectivity index (χ2n) is 6.50. The summed E-state index contributed by atoms with van der Waals surface area (Å²) in [5.41, 5.74) is 4.26. The lowest BCUT2D eigenvalue weighted by molar-refractivity contribution is 0.0940. The molecule has 1 aliphatic carbocycles. The number of nitrogens with one attached hydrogen (secondary N) is 2. The van der Waals surface area contributed by atoms with Gasteiger partial charge in [0.25, 0.3) is 0 Å². The van der Waals surface area contributed by atoms with E-state index in [1.54, 1.807) is 6.20 Å². The predicted octanol–water partition coefficient (Wildman–Crippen LogP) is 3.19. The average Bonchev–Trinajstić information content (AvgIpc) is 3.29. The van der Waals surface area contributed by atoms with E-state index in [4.69, 9.17) is 4.74 Å². The van der Waals surface area contributed by atoms with Crippen molar-refractivity contribution in [2.45, 2.75) is 44.8 Å². The minimum absolute atomic E-state index is 0.234. The Bertz CT molecular complexity index is 734. The van der Waals surface area contributed by atoms with Crippen LogP contribution in [0.1, 0.15) is 30.4 Å². The van der Waals surface area contributed by atoms with Gasteiger partial charge in [0.15, 0.2) is 0 Å². The highest BCUT2D eigenvalue weighted by Crippen LogP contribution is 2.25. The van der Waals surface area contributed by atoms with Crippen LogP contribution in [-0.2, 0) is 24.1 Å². The summed E-state index contributed by atoms with van der Waals surface area (Å²) in [4.78, 5) is 12.2. The summed E-state index contributed by atoms with van der Waals surface area (Å²) in [6.45, 7) is 1.56. The number of nitrogens with zero attached hydrogens (tertiary/aromatic N) is 2. The number of fused-ring (bicyclic) bond motifs is 1. The Hall–Kier alpha value is -2.34. The summed E-state index contributed by atoms with van der Waals surface area (Å²) in [6, 6.07) is 5.90. The summed E-state index contributed by atoms with van der Waals surface area (Å²) in [7, 11) is 0. The molecule has 1 aromatic carbocycles. The second-order valence-corrected chi connectivity index (χ2v) is 6.50. The van der Waals surface area contributed by atoms with Crippen molar-refractivity contribution < 1.29 is 9.53 Å². The molecule has 24 heavy (non-hydrogen) atoms. The van der Waals surface area contributed by atoms with Gasteiger partial charge in [-0.3, -0.25) is 4.68 Å². The van der Waals surface area contributed by atoms with Crippen LogP contribution in [0.25, 0.3) is 0 Å². The molecule has 2 aliphatic rings. The van der Waals surface area contributed by atoms with Gasteiger partial charge < -0.3 is 15.4 Å². The minimum Gasteiger partial charge on any atom is -0.376 e. The van der Waals surface area contributed by atoms with E-state index >= 15 is 0 Å². The Labute approximate surface area is 141 Å². The SMILES string of the molecule is O=C(Nc1ccc2c(c1)CCC2)Nc1cnn(CC2CCCO2)c1. The maximum atomic E-state index is 12.2. The Morgan fingerprint density at radius 2 is 2.08 bits per heavy atom. The number of rotatable bonds is 4. The molecule has 2 aromatic rings. The van der Waals surface area contributed by atoms with Crippen molar-refractivity contribution in [3.05, 3.63) is 41.7 Å². The number of urea groups is 1. The molecule has 2 N–H and O–H groups in total. The summed E-state index contributed by atoms with van der Waals surface area (Å²) in [5.74, 6) is 0. The van der Waals surface area contributed by atoms with Crippen LogP contribution in [0.15, 0.2) is 30.6 Å². The molecule has 6 nitrogen and oxygen atoms in total. The van der Waals surface area contributed by atoms with Gasteiger partial charge in [-0.15, -0.1) is 0 Å². The number of anilines is 2. The number of benzene rings is 1. The van der Waals surface area contributed by atoms with Crippen LogP contribution in [0.2, 0.25) is 0 Å². The van der Waals surface area contributed by atoms with Crippen molar-refractivity contribution in [3.63, 3.8) is 0 Å². The smallest absolute Gasteiger partial charge is 0.323 e. The molecule has 2 amide bonds. The molecule has 2 heterocycles. The zero-order valence-electron chi connectivity index (χ0n) is 13.6. The molecule has 126 valence electrons. The van der Waals surface area contributed by atoms with Crippen molar-refractivity contribution in [1.82, 2.24) is 9.78 Å². The maximum absolute atomic E-state index is 12.2. The van der Waals surface area contributed by atoms with Crippen molar-refractivity contribution in [2.24, 2.45) is 0 Å². The highest BCUT2D eigenvalue weighted by atomic mass is 16.5. The molecule has 0 saturated carbocycles. The average molecular weight is 326 g/mol. The van der Waals surface area contributed by atoms with E-state index in [2.05, 4.69) is 27.9 Å². The van der Waals surface area contributed by atoms with E-state index in [1.807, 2.05) is 16.9 Å². The molecule has 1 atom stereocenters. The van der Waals surface area contributed by atoms with E-state index in [1.165, 1.54) is 17.5 Å². The van der Waals surface area contributed by atoms with Crippen LogP contribution in [-0.4, -0.2) is 28.5 Å². The van der Waals surface area contributed by atoms with Gasteiger partial charge in [-0.1, -0.05) is 6.07 Å². The molecular weight excluding hydrogens is 304 g/mol. The molecule has 4 rings (SSSR count). The van der Waals surface area contributed by atoms with Gasteiger partial charge in [0.2, 0.25) is 0 Å². The van der Waals surface area contributed by atoms with Crippen molar-refractivity contribution in [1.29, 1.82) is 0 Å². The Balaban J connectivity index is 1.33. The van der Waals surface area contributed by atoms with Gasteiger partial charge >= 0.3 is 6.03 Å². The predicted molar refractivity (Wildman–Crippen MR) is 92.3 cm³/mol. The van der Waals surface area contributed by atoms with Crippen LogP contribution in [0.3, 0.4) is 0 Å². The minimum atomic E-state index is -0.246. The largest absolute Gasteiger partial charge is 0.376 e. The monoisotopic (exact) mass is 326 g/mol. The number of aryl methyl sites for hydroxylation is 2. The zero-order chi connectivity index (χ0) is 16.4. The summed E-state index contributed by atoms with van der Waals surface area (Å²) >= 11 is 0. The molecule has 1 aromatic heterocycles. The highest BCUT2D eigenvalue weighted by molar-refractivity contribution is 5.99. The number of aromatic nitrogens is 2. The molecule has 1 aliphatic heterocycles. The van der Waals surface area contributed by atoms with Crippen LogP contribution in [0, 0.1) is 0 Å². The molecule has 6 heteroatoms. The van der Waals surface area contributed by atoms with E-state index in [9.17, 15) is 4.79 Å². The van der Waals surface area contributed by atoms with E-state index < -0.39 is 0 Å². The fraction of sp³-hybridized carbons (Fsp3) is 0.444. The molecule has 1 unspecified atom stereocenters. The van der Waals surface area contributed by atoms with Gasteiger partial charge in [0.1, 0.15) is 0 Å². The van der Waals surface area contributed by atoms with Gasteiger partial charge in [-0.05, 0) is 55.4 Å².